The van der Waals surface area contributed by atoms with Crippen LogP contribution in [0.5, 0.6) is 0 Å². The largest absolute Gasteiger partial charge is 0.115 e. The van der Waals surface area contributed by atoms with Gasteiger partial charge in [-0.1, -0.05) is 49.9 Å². The van der Waals surface area contributed by atoms with Gasteiger partial charge in [-0.05, 0) is 78.4 Å². The average Bonchev–Trinajstić information content (AvgIpc) is 2.96. The number of fused-ring (bicyclic) bond motifs is 3. The van der Waals surface area contributed by atoms with Crippen molar-refractivity contribution in [3.8, 4) is 35.8 Å². The van der Waals surface area contributed by atoms with Crippen molar-refractivity contribution in [2.24, 2.45) is 0 Å². The first-order valence-corrected chi connectivity index (χ1v) is 9.80. The molecule has 0 saturated heterocycles. The lowest BCUT2D eigenvalue weighted by atomic mass is 10.0. The summed E-state index contributed by atoms with van der Waals surface area (Å²) in [5.41, 5.74) is 10.6. The molecule has 1 heteroatoms. The van der Waals surface area contributed by atoms with Crippen LogP contribution in [-0.4, -0.2) is 5.29 Å². The Kier molecular flexibility index (Phi) is 4.24. The molecule has 128 valence electrons. The van der Waals surface area contributed by atoms with Crippen LogP contribution in [0.3, 0.4) is 0 Å². The minimum absolute atomic E-state index is 0.895. The van der Waals surface area contributed by atoms with Crippen LogP contribution in [-0.2, 0) is 0 Å². The van der Waals surface area contributed by atoms with Crippen molar-refractivity contribution in [3.63, 3.8) is 0 Å². The van der Waals surface area contributed by atoms with Gasteiger partial charge in [-0.2, -0.15) is 0 Å². The molecule has 4 rings (SSSR count). The lowest BCUT2D eigenvalue weighted by molar-refractivity contribution is 1.36. The van der Waals surface area contributed by atoms with Gasteiger partial charge in [0.15, 0.2) is 0 Å². The Bertz CT molecular complexity index is 1120. The number of hydrogen-bond donors (Lipinski definition) is 0. The molecule has 0 bridgehead atoms. The topological polar surface area (TPSA) is 0 Å². The lowest BCUT2D eigenvalue weighted by Gasteiger charge is -2.09. The van der Waals surface area contributed by atoms with E-state index in [4.69, 9.17) is 12.8 Å². The second kappa shape index (κ2) is 6.59. The molecular formula is C26H19P. The highest BCUT2D eigenvalue weighted by Crippen LogP contribution is 2.40. The summed E-state index contributed by atoms with van der Waals surface area (Å²) in [4.78, 5) is 0. The van der Waals surface area contributed by atoms with Crippen molar-refractivity contribution in [3.05, 3.63) is 87.5 Å². The average molecular weight is 362 g/mol. The molecule has 0 aliphatic heterocycles. The lowest BCUT2D eigenvalue weighted by Crippen LogP contribution is -2.07. The maximum absolute atomic E-state index is 5.64. The molecule has 0 atom stereocenters. The van der Waals surface area contributed by atoms with Gasteiger partial charge in [0.05, 0.1) is 0 Å². The van der Waals surface area contributed by atoms with Gasteiger partial charge in [-0.25, -0.2) is 0 Å². The van der Waals surface area contributed by atoms with Gasteiger partial charge >= 0.3 is 0 Å². The summed E-state index contributed by atoms with van der Waals surface area (Å²) in [5.74, 6) is 5.51. The minimum Gasteiger partial charge on any atom is -0.115 e. The Morgan fingerprint density at radius 2 is 1.15 bits per heavy atom. The fourth-order valence-electron chi connectivity index (χ4n) is 3.85. The molecular weight excluding hydrogens is 343 g/mol. The molecule has 0 fully saturated rings. The van der Waals surface area contributed by atoms with E-state index >= 15 is 0 Å². The number of hydrogen-bond acceptors (Lipinski definition) is 0. The van der Waals surface area contributed by atoms with Crippen LogP contribution in [0.4, 0.5) is 0 Å². The molecule has 0 radical (unpaired) electrons. The quantitative estimate of drug-likeness (QED) is 0.314. The van der Waals surface area contributed by atoms with E-state index in [9.17, 15) is 0 Å². The fourth-order valence-corrected chi connectivity index (χ4v) is 5.19. The number of aryl methyl sites for hydroxylation is 3. The molecule has 0 N–H and O–H groups in total. The van der Waals surface area contributed by atoms with Crippen LogP contribution in [0.2, 0.25) is 0 Å². The van der Waals surface area contributed by atoms with E-state index in [1.807, 2.05) is 12.1 Å². The van der Waals surface area contributed by atoms with Crippen LogP contribution in [0.25, 0.3) is 11.1 Å². The Morgan fingerprint density at radius 1 is 0.667 bits per heavy atom. The van der Waals surface area contributed by atoms with Gasteiger partial charge in [0.2, 0.25) is 0 Å². The first-order chi connectivity index (χ1) is 13.0. The van der Waals surface area contributed by atoms with Gasteiger partial charge in [0.1, 0.15) is 0 Å². The molecule has 27 heavy (non-hydrogen) atoms. The van der Waals surface area contributed by atoms with E-state index in [-0.39, 0.29) is 0 Å². The Balaban J connectivity index is 2.02. The van der Waals surface area contributed by atoms with E-state index in [0.29, 0.717) is 0 Å². The maximum atomic E-state index is 5.64. The Labute approximate surface area is 163 Å². The van der Waals surface area contributed by atoms with Crippen LogP contribution in [0, 0.1) is 45.5 Å². The van der Waals surface area contributed by atoms with Crippen molar-refractivity contribution in [1.82, 2.24) is 0 Å². The molecule has 0 amide bonds. The van der Waals surface area contributed by atoms with Crippen LogP contribution < -0.4 is 5.30 Å². The molecule has 0 unspecified atom stereocenters. The smallest absolute Gasteiger partial charge is 0.0249 e. The van der Waals surface area contributed by atoms with E-state index < -0.39 is 0 Å². The second-order valence-electron chi connectivity index (χ2n) is 7.02. The Morgan fingerprint density at radius 3 is 1.59 bits per heavy atom. The first kappa shape index (κ1) is 17.4. The van der Waals surface area contributed by atoms with E-state index in [1.165, 1.54) is 57.7 Å². The highest BCUT2D eigenvalue weighted by atomic mass is 31.1. The zero-order valence-electron chi connectivity index (χ0n) is 15.7. The van der Waals surface area contributed by atoms with Crippen LogP contribution >= 0.6 is 8.20 Å². The minimum atomic E-state index is 0.895. The predicted molar refractivity (Wildman–Crippen MR) is 118 cm³/mol. The van der Waals surface area contributed by atoms with E-state index in [1.54, 1.807) is 0 Å². The van der Waals surface area contributed by atoms with Crippen molar-refractivity contribution >= 4 is 18.8 Å². The van der Waals surface area contributed by atoms with Crippen molar-refractivity contribution in [2.45, 2.75) is 20.8 Å². The third kappa shape index (κ3) is 2.90. The summed E-state index contributed by atoms with van der Waals surface area (Å²) >= 11 is 0. The number of rotatable bonds is 1. The summed E-state index contributed by atoms with van der Waals surface area (Å²) in [5, 5.41) is 2.69. The molecule has 1 aliphatic rings. The van der Waals surface area contributed by atoms with Gasteiger partial charge in [-0.3, -0.25) is 0 Å². The van der Waals surface area contributed by atoms with Crippen molar-refractivity contribution < 1.29 is 0 Å². The zero-order chi connectivity index (χ0) is 19.1. The highest BCUT2D eigenvalue weighted by Gasteiger charge is 2.25. The monoisotopic (exact) mass is 362 g/mol. The Hall–Kier alpha value is -3.05. The standard InChI is InChI=1S/C26H19P/c1-6-19-8-10-21-23(14-19)24-15-20(7-2)9-11-22(24)26(21)27-25-17(4)12-16(3)13-18(25)5/h1-2,8-15H,3-5H3. The molecule has 1 aliphatic carbocycles. The molecule has 0 saturated carbocycles. The number of benzene rings is 3. The van der Waals surface area contributed by atoms with Crippen LogP contribution in [0.15, 0.2) is 48.5 Å². The maximum Gasteiger partial charge on any atom is 0.0249 e. The molecule has 0 aromatic heterocycles. The SMILES string of the molecule is C#Cc1ccc2c(c1)-c1cc(C#C)ccc1C2=Pc1c(C)cc(C)cc1C. The summed E-state index contributed by atoms with van der Waals surface area (Å²) in [6.07, 6.45) is 11.3. The highest BCUT2D eigenvalue weighted by molar-refractivity contribution is 7.50. The zero-order valence-corrected chi connectivity index (χ0v) is 16.6. The third-order valence-corrected chi connectivity index (χ3v) is 6.67. The van der Waals surface area contributed by atoms with Crippen molar-refractivity contribution in [2.75, 3.05) is 0 Å². The summed E-state index contributed by atoms with van der Waals surface area (Å²) in [7, 11) is 1.22. The molecule has 0 nitrogen and oxygen atoms in total. The first-order valence-electron chi connectivity index (χ1n) is 8.91. The van der Waals surface area contributed by atoms with Gasteiger partial charge in [-0.15, -0.1) is 12.8 Å². The predicted octanol–water partition coefficient (Wildman–Crippen LogP) is 5.40. The van der Waals surface area contributed by atoms with Gasteiger partial charge < -0.3 is 0 Å². The molecule has 3 aromatic rings. The molecule has 3 aromatic carbocycles. The third-order valence-electron chi connectivity index (χ3n) is 5.03. The van der Waals surface area contributed by atoms with Crippen molar-refractivity contribution in [1.29, 1.82) is 0 Å². The normalized spacial score (nSPS) is 11.7. The van der Waals surface area contributed by atoms with E-state index in [2.05, 4.69) is 69.0 Å². The van der Waals surface area contributed by atoms with E-state index in [0.717, 1.165) is 11.1 Å². The number of terminal acetylenes is 2. The summed E-state index contributed by atoms with van der Waals surface area (Å²) in [6.45, 7) is 6.54. The van der Waals surface area contributed by atoms with Gasteiger partial charge in [0, 0.05) is 21.7 Å². The molecule has 0 spiro atoms. The molecule has 0 heterocycles. The fraction of sp³-hybridized carbons (Fsp3) is 0.115. The van der Waals surface area contributed by atoms with Crippen LogP contribution in [0.1, 0.15) is 38.9 Å². The second-order valence-corrected chi connectivity index (χ2v) is 8.14. The summed E-state index contributed by atoms with van der Waals surface area (Å²) < 4.78 is 0. The summed E-state index contributed by atoms with van der Waals surface area (Å²) in [6, 6.07) is 17.1. The van der Waals surface area contributed by atoms with Gasteiger partial charge in [0.25, 0.3) is 0 Å².